The molecule has 1 atom stereocenters. The number of anilines is 3. The Labute approximate surface area is 255 Å². The predicted molar refractivity (Wildman–Crippen MR) is 175 cm³/mol. The SMILES string of the molecule is C=C(c1cc2cnc(Nc3ccc(N4CCN5CCCC5C4)cc3)nc2n(Cc2cnsc2C2=CCCC2)c1=O)C1CC1. The maximum atomic E-state index is 14.0. The molecule has 0 amide bonds. The Hall–Kier alpha value is -3.82. The normalized spacial score (nSPS) is 20.4. The number of nitrogens with zero attached hydrogens (tertiary/aromatic N) is 6. The van der Waals surface area contributed by atoms with Crippen LogP contribution in [-0.4, -0.2) is 56.0 Å². The second-order valence-corrected chi connectivity index (χ2v) is 13.3. The van der Waals surface area contributed by atoms with Gasteiger partial charge in [-0.25, -0.2) is 9.36 Å². The van der Waals surface area contributed by atoms with Crippen LogP contribution in [0, 0.1) is 5.92 Å². The largest absolute Gasteiger partial charge is 0.369 e. The number of hydrogen-bond acceptors (Lipinski definition) is 8. The van der Waals surface area contributed by atoms with Gasteiger partial charge >= 0.3 is 0 Å². The van der Waals surface area contributed by atoms with Crippen LogP contribution in [0.25, 0.3) is 22.2 Å². The average Bonchev–Trinajstić information content (AvgIpc) is 3.37. The van der Waals surface area contributed by atoms with Crippen molar-refractivity contribution in [1.29, 1.82) is 0 Å². The second-order valence-electron chi connectivity index (χ2n) is 12.5. The van der Waals surface area contributed by atoms with Gasteiger partial charge in [0, 0.05) is 66.0 Å². The molecule has 8 rings (SSSR count). The zero-order valence-corrected chi connectivity index (χ0v) is 25.3. The fourth-order valence-electron chi connectivity index (χ4n) is 7.04. The van der Waals surface area contributed by atoms with Gasteiger partial charge in [0.05, 0.1) is 11.4 Å². The van der Waals surface area contributed by atoms with E-state index in [-0.39, 0.29) is 5.56 Å². The summed E-state index contributed by atoms with van der Waals surface area (Å²) < 4.78 is 6.32. The van der Waals surface area contributed by atoms with Gasteiger partial charge in [-0.05, 0) is 110 Å². The first-order valence-corrected chi connectivity index (χ1v) is 16.5. The molecule has 43 heavy (non-hydrogen) atoms. The summed E-state index contributed by atoms with van der Waals surface area (Å²) in [6.07, 6.45) is 14.2. The number of allylic oxidation sites excluding steroid dienone is 3. The van der Waals surface area contributed by atoms with Gasteiger partial charge < -0.3 is 10.2 Å². The molecule has 2 aliphatic heterocycles. The van der Waals surface area contributed by atoms with Crippen molar-refractivity contribution in [2.24, 2.45) is 5.92 Å². The van der Waals surface area contributed by atoms with Crippen molar-refractivity contribution in [2.45, 2.75) is 57.5 Å². The van der Waals surface area contributed by atoms with Crippen LogP contribution < -0.4 is 15.8 Å². The number of fused-ring (bicyclic) bond motifs is 2. The number of nitrogens with one attached hydrogen (secondary N) is 1. The molecular formula is C34H37N7OS. The molecule has 2 saturated heterocycles. The molecule has 0 spiro atoms. The third-order valence-electron chi connectivity index (χ3n) is 9.62. The summed E-state index contributed by atoms with van der Waals surface area (Å²) in [6, 6.07) is 11.2. The number of benzene rings is 1. The van der Waals surface area contributed by atoms with Crippen LogP contribution in [-0.2, 0) is 6.54 Å². The van der Waals surface area contributed by atoms with Gasteiger partial charge in [0.2, 0.25) is 5.95 Å². The Morgan fingerprint density at radius 2 is 1.95 bits per heavy atom. The minimum atomic E-state index is -0.0432. The molecule has 4 aromatic rings. The van der Waals surface area contributed by atoms with Crippen molar-refractivity contribution in [3.05, 3.63) is 81.7 Å². The van der Waals surface area contributed by atoms with Crippen molar-refractivity contribution in [1.82, 2.24) is 23.8 Å². The van der Waals surface area contributed by atoms with Crippen LogP contribution >= 0.6 is 11.5 Å². The molecule has 9 heteroatoms. The lowest BCUT2D eigenvalue weighted by Crippen LogP contribution is -2.50. The van der Waals surface area contributed by atoms with Crippen molar-refractivity contribution in [3.63, 3.8) is 0 Å². The van der Waals surface area contributed by atoms with E-state index in [0.717, 1.165) is 67.5 Å². The van der Waals surface area contributed by atoms with Crippen molar-refractivity contribution in [3.8, 4) is 0 Å². The van der Waals surface area contributed by atoms with Crippen molar-refractivity contribution < 1.29 is 0 Å². The van der Waals surface area contributed by atoms with Crippen LogP contribution in [0.1, 0.15) is 60.9 Å². The first-order chi connectivity index (χ1) is 21.1. The fraction of sp³-hybridized carbons (Fsp3) is 0.412. The van der Waals surface area contributed by atoms with E-state index < -0.39 is 0 Å². The minimum absolute atomic E-state index is 0.0432. The van der Waals surface area contributed by atoms with Gasteiger partial charge in [0.15, 0.2) is 0 Å². The quantitative estimate of drug-likeness (QED) is 0.257. The Bertz CT molecular complexity index is 1780. The zero-order valence-electron chi connectivity index (χ0n) is 24.5. The highest BCUT2D eigenvalue weighted by atomic mass is 32.1. The summed E-state index contributed by atoms with van der Waals surface area (Å²) in [5, 5.41) is 4.23. The second kappa shape index (κ2) is 11.0. The predicted octanol–water partition coefficient (Wildman–Crippen LogP) is 6.31. The first-order valence-electron chi connectivity index (χ1n) is 15.7. The Morgan fingerprint density at radius 1 is 1.07 bits per heavy atom. The van der Waals surface area contributed by atoms with Crippen LogP contribution in [0.5, 0.6) is 0 Å². The molecule has 0 radical (unpaired) electrons. The standard InChI is InChI=1S/C34H37N7OS/c1-22(23-8-9-23)30-17-25-18-35-34(37-27-10-12-28(13-11-27)40-16-15-39-14-4-7-29(39)21-40)38-32(25)41(33(30)42)20-26-19-36-43-31(26)24-5-2-3-6-24/h5,10-13,17-19,23,29H,1-4,6-9,14-16,20-21H2,(H,35,37,38). The molecule has 0 bridgehead atoms. The topological polar surface area (TPSA) is 79.2 Å². The summed E-state index contributed by atoms with van der Waals surface area (Å²) in [4.78, 5) is 29.9. The van der Waals surface area contributed by atoms with E-state index in [9.17, 15) is 4.79 Å². The summed E-state index contributed by atoms with van der Waals surface area (Å²) in [5.41, 5.74) is 6.78. The molecule has 1 N–H and O–H groups in total. The smallest absolute Gasteiger partial charge is 0.260 e. The molecule has 5 heterocycles. The highest BCUT2D eigenvalue weighted by Gasteiger charge is 2.31. The molecule has 220 valence electrons. The third kappa shape index (κ3) is 5.18. The number of piperazine rings is 1. The highest BCUT2D eigenvalue weighted by molar-refractivity contribution is 7.07. The summed E-state index contributed by atoms with van der Waals surface area (Å²) in [5.74, 6) is 0.872. The lowest BCUT2D eigenvalue weighted by Gasteiger charge is -2.38. The lowest BCUT2D eigenvalue weighted by atomic mass is 10.0. The summed E-state index contributed by atoms with van der Waals surface area (Å²) in [7, 11) is 0. The lowest BCUT2D eigenvalue weighted by molar-refractivity contribution is 0.231. The van der Waals surface area contributed by atoms with Gasteiger partial charge in [0.25, 0.3) is 5.56 Å². The van der Waals surface area contributed by atoms with Crippen LogP contribution in [0.3, 0.4) is 0 Å². The van der Waals surface area contributed by atoms with E-state index in [4.69, 9.17) is 4.98 Å². The molecule has 3 aromatic heterocycles. The van der Waals surface area contributed by atoms with E-state index in [1.165, 1.54) is 53.5 Å². The number of rotatable bonds is 8. The summed E-state index contributed by atoms with van der Waals surface area (Å²) >= 11 is 1.52. The monoisotopic (exact) mass is 591 g/mol. The van der Waals surface area contributed by atoms with Crippen LogP contribution in [0.2, 0.25) is 0 Å². The van der Waals surface area contributed by atoms with Gasteiger partial charge in [-0.1, -0.05) is 12.7 Å². The minimum Gasteiger partial charge on any atom is -0.369 e. The average molecular weight is 592 g/mol. The summed E-state index contributed by atoms with van der Waals surface area (Å²) in [6.45, 7) is 9.30. The van der Waals surface area contributed by atoms with Crippen molar-refractivity contribution >= 4 is 51.0 Å². The van der Waals surface area contributed by atoms with Crippen LogP contribution in [0.4, 0.5) is 17.3 Å². The molecule has 1 unspecified atom stereocenters. The zero-order chi connectivity index (χ0) is 28.9. The van der Waals surface area contributed by atoms with Gasteiger partial charge in [-0.15, -0.1) is 0 Å². The van der Waals surface area contributed by atoms with E-state index in [0.29, 0.717) is 35.7 Å². The highest BCUT2D eigenvalue weighted by Crippen LogP contribution is 2.40. The molecule has 1 saturated carbocycles. The fourth-order valence-corrected chi connectivity index (χ4v) is 7.87. The molecule has 3 fully saturated rings. The molecule has 4 aliphatic rings. The van der Waals surface area contributed by atoms with E-state index >= 15 is 0 Å². The van der Waals surface area contributed by atoms with Crippen molar-refractivity contribution in [2.75, 3.05) is 36.4 Å². The number of aromatic nitrogens is 4. The van der Waals surface area contributed by atoms with E-state index in [1.807, 2.05) is 18.5 Å². The Kier molecular flexibility index (Phi) is 6.87. The van der Waals surface area contributed by atoms with Gasteiger partial charge in [-0.2, -0.15) is 4.98 Å². The van der Waals surface area contributed by atoms with E-state index in [1.54, 1.807) is 4.57 Å². The van der Waals surface area contributed by atoms with Crippen LogP contribution in [0.15, 0.2) is 60.2 Å². The third-order valence-corrected chi connectivity index (χ3v) is 10.5. The maximum Gasteiger partial charge on any atom is 0.260 e. The number of pyridine rings is 1. The molecule has 2 aliphatic carbocycles. The maximum absolute atomic E-state index is 14.0. The van der Waals surface area contributed by atoms with Gasteiger partial charge in [0.1, 0.15) is 5.65 Å². The Morgan fingerprint density at radius 3 is 2.77 bits per heavy atom. The number of hydrogen-bond donors (Lipinski definition) is 1. The van der Waals surface area contributed by atoms with Gasteiger partial charge in [-0.3, -0.25) is 14.3 Å². The Balaban J connectivity index is 1.10. The first kappa shape index (κ1) is 26.8. The molecular weight excluding hydrogens is 554 g/mol. The molecule has 1 aromatic carbocycles. The van der Waals surface area contributed by atoms with E-state index in [2.05, 4.69) is 61.4 Å². The molecule has 8 nitrogen and oxygen atoms in total.